The Morgan fingerprint density at radius 1 is 1.29 bits per heavy atom. The summed E-state index contributed by atoms with van der Waals surface area (Å²) in [5, 5.41) is 0. The summed E-state index contributed by atoms with van der Waals surface area (Å²) in [5.74, 6) is 1.11. The number of aromatic nitrogens is 1. The van der Waals surface area contributed by atoms with Crippen LogP contribution in [0, 0.1) is 5.41 Å². The van der Waals surface area contributed by atoms with Gasteiger partial charge < -0.3 is 10.6 Å². The summed E-state index contributed by atoms with van der Waals surface area (Å²) in [6, 6.07) is 4.28. The monoisotopic (exact) mass is 233 g/mol. The molecule has 2 heterocycles. The Labute approximate surface area is 104 Å². The van der Waals surface area contributed by atoms with Crippen LogP contribution in [-0.2, 0) is 6.42 Å². The molecule has 1 aromatic heterocycles. The highest BCUT2D eigenvalue weighted by molar-refractivity contribution is 5.39. The smallest absolute Gasteiger partial charge is 0.128 e. The summed E-state index contributed by atoms with van der Waals surface area (Å²) in [7, 11) is 0. The van der Waals surface area contributed by atoms with E-state index in [-0.39, 0.29) is 0 Å². The van der Waals surface area contributed by atoms with Crippen molar-refractivity contribution in [2.24, 2.45) is 11.1 Å². The highest BCUT2D eigenvalue weighted by Gasteiger charge is 2.25. The summed E-state index contributed by atoms with van der Waals surface area (Å²) in [5.41, 5.74) is 7.26. The van der Waals surface area contributed by atoms with Crippen LogP contribution in [-0.4, -0.2) is 24.6 Å². The van der Waals surface area contributed by atoms with Crippen LogP contribution in [0.25, 0.3) is 0 Å². The number of nitrogens with two attached hydrogens (primary N) is 1. The van der Waals surface area contributed by atoms with Crippen LogP contribution in [0.4, 0.5) is 5.82 Å². The third-order valence-electron chi connectivity index (χ3n) is 3.68. The summed E-state index contributed by atoms with van der Waals surface area (Å²) in [6.07, 6.45) is 5.38. The van der Waals surface area contributed by atoms with Crippen LogP contribution < -0.4 is 10.6 Å². The number of rotatable bonds is 3. The van der Waals surface area contributed by atoms with Gasteiger partial charge in [0.1, 0.15) is 5.82 Å². The molecule has 2 rings (SSSR count). The molecule has 0 radical (unpaired) electrons. The van der Waals surface area contributed by atoms with Gasteiger partial charge in [-0.2, -0.15) is 0 Å². The average molecular weight is 233 g/mol. The van der Waals surface area contributed by atoms with E-state index in [9.17, 15) is 0 Å². The Hall–Kier alpha value is -1.09. The van der Waals surface area contributed by atoms with Crippen LogP contribution in [0.5, 0.6) is 0 Å². The maximum atomic E-state index is 5.53. The molecule has 0 aliphatic carbocycles. The maximum Gasteiger partial charge on any atom is 0.128 e. The van der Waals surface area contributed by atoms with E-state index in [0.29, 0.717) is 12.0 Å². The number of hydrogen-bond acceptors (Lipinski definition) is 3. The average Bonchev–Trinajstić information content (AvgIpc) is 2.31. The zero-order valence-electron chi connectivity index (χ0n) is 10.9. The quantitative estimate of drug-likeness (QED) is 0.870. The van der Waals surface area contributed by atoms with Crippen molar-refractivity contribution in [3.63, 3.8) is 0 Å². The number of hydrogen-bond donors (Lipinski definition) is 1. The first-order chi connectivity index (χ1) is 8.11. The van der Waals surface area contributed by atoms with Crippen molar-refractivity contribution in [1.82, 2.24) is 4.98 Å². The Kier molecular flexibility index (Phi) is 3.67. The highest BCUT2D eigenvalue weighted by atomic mass is 15.2. The van der Waals surface area contributed by atoms with Gasteiger partial charge in [-0.05, 0) is 42.9 Å². The van der Waals surface area contributed by atoms with E-state index in [1.54, 1.807) is 0 Å². The van der Waals surface area contributed by atoms with Gasteiger partial charge in [0, 0.05) is 19.3 Å². The molecule has 0 unspecified atom stereocenters. The van der Waals surface area contributed by atoms with Crippen LogP contribution in [0.15, 0.2) is 18.3 Å². The number of nitrogens with zero attached hydrogens (tertiary/aromatic N) is 2. The Balaban J connectivity index is 1.99. The molecular formula is C14H23N3. The van der Waals surface area contributed by atoms with Gasteiger partial charge in [0.05, 0.1) is 0 Å². The molecule has 94 valence electrons. The SMILES string of the molecule is CC1(C)CCN(c2ccc(CCN)cn2)CC1. The topological polar surface area (TPSA) is 42.1 Å². The third kappa shape index (κ3) is 3.19. The second kappa shape index (κ2) is 5.05. The van der Waals surface area contributed by atoms with Gasteiger partial charge in [-0.1, -0.05) is 19.9 Å². The lowest BCUT2D eigenvalue weighted by atomic mass is 9.83. The fourth-order valence-corrected chi connectivity index (χ4v) is 2.26. The van der Waals surface area contributed by atoms with Crippen molar-refractivity contribution in [2.45, 2.75) is 33.1 Å². The van der Waals surface area contributed by atoms with Crippen LogP contribution in [0.3, 0.4) is 0 Å². The van der Waals surface area contributed by atoms with E-state index >= 15 is 0 Å². The van der Waals surface area contributed by atoms with Crippen molar-refractivity contribution in [3.8, 4) is 0 Å². The van der Waals surface area contributed by atoms with Crippen molar-refractivity contribution in [2.75, 3.05) is 24.5 Å². The predicted molar refractivity (Wildman–Crippen MR) is 72.2 cm³/mol. The lowest BCUT2D eigenvalue weighted by Gasteiger charge is -2.37. The molecule has 3 nitrogen and oxygen atoms in total. The molecule has 0 aromatic carbocycles. The third-order valence-corrected chi connectivity index (χ3v) is 3.68. The minimum absolute atomic E-state index is 0.496. The van der Waals surface area contributed by atoms with E-state index in [4.69, 9.17) is 5.73 Å². The highest BCUT2D eigenvalue weighted by Crippen LogP contribution is 2.31. The summed E-state index contributed by atoms with van der Waals surface area (Å²) in [4.78, 5) is 6.93. The number of piperidine rings is 1. The van der Waals surface area contributed by atoms with Crippen molar-refractivity contribution >= 4 is 5.82 Å². The second-order valence-electron chi connectivity index (χ2n) is 5.71. The zero-order chi connectivity index (χ0) is 12.3. The zero-order valence-corrected chi connectivity index (χ0v) is 10.9. The Morgan fingerprint density at radius 3 is 2.53 bits per heavy atom. The summed E-state index contributed by atoms with van der Waals surface area (Å²) in [6.45, 7) is 7.63. The van der Waals surface area contributed by atoms with Crippen LogP contribution >= 0.6 is 0 Å². The first-order valence-electron chi connectivity index (χ1n) is 6.51. The molecule has 0 spiro atoms. The molecule has 1 aromatic rings. The number of pyridine rings is 1. The second-order valence-corrected chi connectivity index (χ2v) is 5.71. The van der Waals surface area contributed by atoms with Gasteiger partial charge >= 0.3 is 0 Å². The van der Waals surface area contributed by atoms with Gasteiger partial charge in [0.15, 0.2) is 0 Å². The summed E-state index contributed by atoms with van der Waals surface area (Å²) < 4.78 is 0. The van der Waals surface area contributed by atoms with E-state index in [1.807, 2.05) is 6.20 Å². The lowest BCUT2D eigenvalue weighted by Crippen LogP contribution is -2.37. The van der Waals surface area contributed by atoms with Crippen LogP contribution in [0.1, 0.15) is 32.3 Å². The standard InChI is InChI=1S/C14H23N3/c1-14(2)6-9-17(10-7-14)13-4-3-12(5-8-15)11-16-13/h3-4,11H,5-10,15H2,1-2H3. The molecule has 0 amide bonds. The minimum atomic E-state index is 0.496. The van der Waals surface area contributed by atoms with E-state index in [2.05, 4.69) is 35.9 Å². The molecule has 0 saturated carbocycles. The molecule has 1 aliphatic heterocycles. The van der Waals surface area contributed by atoms with Gasteiger partial charge in [-0.25, -0.2) is 4.98 Å². The summed E-state index contributed by atoms with van der Waals surface area (Å²) >= 11 is 0. The predicted octanol–water partition coefficient (Wildman–Crippen LogP) is 2.21. The van der Waals surface area contributed by atoms with Gasteiger partial charge in [0.2, 0.25) is 0 Å². The molecular weight excluding hydrogens is 210 g/mol. The molecule has 17 heavy (non-hydrogen) atoms. The van der Waals surface area contributed by atoms with Gasteiger partial charge in [-0.3, -0.25) is 0 Å². The first-order valence-corrected chi connectivity index (χ1v) is 6.51. The van der Waals surface area contributed by atoms with Gasteiger partial charge in [0.25, 0.3) is 0 Å². The van der Waals surface area contributed by atoms with Crippen molar-refractivity contribution < 1.29 is 0 Å². The minimum Gasteiger partial charge on any atom is -0.357 e. The largest absolute Gasteiger partial charge is 0.357 e. The lowest BCUT2D eigenvalue weighted by molar-refractivity contribution is 0.279. The van der Waals surface area contributed by atoms with E-state index in [0.717, 1.165) is 25.3 Å². The van der Waals surface area contributed by atoms with Crippen molar-refractivity contribution in [1.29, 1.82) is 0 Å². The molecule has 0 atom stereocenters. The maximum absolute atomic E-state index is 5.53. The van der Waals surface area contributed by atoms with Gasteiger partial charge in [-0.15, -0.1) is 0 Å². The molecule has 0 bridgehead atoms. The fraction of sp³-hybridized carbons (Fsp3) is 0.643. The first kappa shape index (κ1) is 12.4. The molecule has 3 heteroatoms. The molecule has 1 saturated heterocycles. The normalized spacial score (nSPS) is 19.4. The van der Waals surface area contributed by atoms with E-state index in [1.165, 1.54) is 18.4 Å². The van der Waals surface area contributed by atoms with E-state index < -0.39 is 0 Å². The molecule has 1 fully saturated rings. The van der Waals surface area contributed by atoms with Crippen LogP contribution in [0.2, 0.25) is 0 Å². The Morgan fingerprint density at radius 2 is 2.00 bits per heavy atom. The molecule has 2 N–H and O–H groups in total. The Bertz CT molecular complexity index is 346. The molecule has 1 aliphatic rings. The van der Waals surface area contributed by atoms with Crippen molar-refractivity contribution in [3.05, 3.63) is 23.9 Å². The number of anilines is 1. The fourth-order valence-electron chi connectivity index (χ4n) is 2.26.